The van der Waals surface area contributed by atoms with Crippen molar-refractivity contribution in [3.05, 3.63) is 54.7 Å². The van der Waals surface area contributed by atoms with Crippen LogP contribution in [0.15, 0.2) is 58.6 Å². The number of hydrogen-bond donors (Lipinski definition) is 2. The molecule has 0 saturated carbocycles. The molecule has 3 aromatic rings. The van der Waals surface area contributed by atoms with Gasteiger partial charge in [-0.2, -0.15) is 13.2 Å². The second-order valence-corrected chi connectivity index (χ2v) is 9.85. The topological polar surface area (TPSA) is 150 Å². The SMILES string of the molecule is COc1cc(NC(=O)C(=O)NC(C)(C)CCSc2ccc(C(=O)OC(=O)C(F)(F)F)cn2)ccc1-c1cnco1. The van der Waals surface area contributed by atoms with E-state index in [1.807, 2.05) is 0 Å². The quantitative estimate of drug-likeness (QED) is 0.165. The van der Waals surface area contributed by atoms with Gasteiger partial charge in [-0.05, 0) is 44.5 Å². The van der Waals surface area contributed by atoms with Gasteiger partial charge in [0.25, 0.3) is 0 Å². The van der Waals surface area contributed by atoms with E-state index in [4.69, 9.17) is 9.15 Å². The molecule has 2 N–H and O–H groups in total. The lowest BCUT2D eigenvalue weighted by molar-refractivity contribution is -0.193. The highest BCUT2D eigenvalue weighted by molar-refractivity contribution is 7.99. The number of nitrogens with one attached hydrogen (secondary N) is 2. The first-order valence-electron chi connectivity index (χ1n) is 11.4. The first kappa shape index (κ1) is 30.1. The Hall–Kier alpha value is -4.40. The molecule has 0 spiro atoms. The second-order valence-electron chi connectivity index (χ2n) is 8.73. The number of benzene rings is 1. The van der Waals surface area contributed by atoms with E-state index in [0.717, 1.165) is 6.20 Å². The van der Waals surface area contributed by atoms with Crippen LogP contribution in [0.1, 0.15) is 30.6 Å². The molecule has 0 unspecified atom stereocenters. The predicted molar refractivity (Wildman–Crippen MR) is 135 cm³/mol. The maximum Gasteiger partial charge on any atom is 0.491 e. The Labute approximate surface area is 229 Å². The predicted octanol–water partition coefficient (Wildman–Crippen LogP) is 4.01. The molecule has 0 aliphatic carbocycles. The van der Waals surface area contributed by atoms with E-state index in [-0.39, 0.29) is 5.56 Å². The van der Waals surface area contributed by atoms with Crippen molar-refractivity contribution in [3.63, 3.8) is 0 Å². The molecule has 0 atom stereocenters. The number of thioether (sulfide) groups is 1. The van der Waals surface area contributed by atoms with E-state index in [0.29, 0.717) is 40.0 Å². The van der Waals surface area contributed by atoms with Crippen LogP contribution in [0.4, 0.5) is 18.9 Å². The lowest BCUT2D eigenvalue weighted by Crippen LogP contribution is -2.48. The number of hydrogen-bond acceptors (Lipinski definition) is 10. The van der Waals surface area contributed by atoms with Crippen molar-refractivity contribution >= 4 is 41.2 Å². The number of rotatable bonds is 9. The van der Waals surface area contributed by atoms with E-state index in [2.05, 4.69) is 25.3 Å². The zero-order chi connectivity index (χ0) is 29.5. The average Bonchev–Trinajstić information content (AvgIpc) is 3.42. The molecule has 212 valence electrons. The molecule has 0 aliphatic rings. The van der Waals surface area contributed by atoms with E-state index in [1.165, 1.54) is 49.7 Å². The number of alkyl halides is 3. The fraction of sp³-hybridized carbons (Fsp3) is 0.280. The van der Waals surface area contributed by atoms with E-state index >= 15 is 0 Å². The Morgan fingerprint density at radius 3 is 2.40 bits per heavy atom. The molecule has 40 heavy (non-hydrogen) atoms. The molecule has 0 bridgehead atoms. The summed E-state index contributed by atoms with van der Waals surface area (Å²) in [5, 5.41) is 5.60. The molecule has 15 heteroatoms. The largest absolute Gasteiger partial charge is 0.496 e. The van der Waals surface area contributed by atoms with Crippen molar-refractivity contribution < 1.29 is 46.2 Å². The molecular formula is C25H23F3N4O7S. The van der Waals surface area contributed by atoms with Crippen molar-refractivity contribution in [2.75, 3.05) is 18.2 Å². The minimum absolute atomic E-state index is 0.328. The standard InChI is InChI=1S/C25H23F3N4O7S/c1-24(2,8-9-40-19-7-4-14(11-30-19)22(35)39-23(36)25(26,27)28)32-21(34)20(33)31-15-5-6-16(17(10-15)37-3)18-12-29-13-38-18/h4-7,10-13H,8-9H2,1-3H3,(H,31,33)(H,32,34). The number of aromatic nitrogens is 2. The Kier molecular flexibility index (Phi) is 9.52. The summed E-state index contributed by atoms with van der Waals surface area (Å²) in [6.45, 7) is 3.44. The molecule has 0 radical (unpaired) electrons. The number of pyridine rings is 1. The van der Waals surface area contributed by atoms with Crippen LogP contribution in [0.3, 0.4) is 0 Å². The van der Waals surface area contributed by atoms with Crippen LogP contribution in [-0.4, -0.2) is 58.3 Å². The molecule has 0 aliphatic heterocycles. The van der Waals surface area contributed by atoms with Gasteiger partial charge in [-0.25, -0.2) is 19.6 Å². The van der Waals surface area contributed by atoms with Crippen LogP contribution in [-0.2, 0) is 19.1 Å². The molecule has 1 aromatic carbocycles. The van der Waals surface area contributed by atoms with Crippen molar-refractivity contribution in [2.45, 2.75) is 37.0 Å². The average molecular weight is 581 g/mol. The summed E-state index contributed by atoms with van der Waals surface area (Å²) in [6.07, 6.45) is -1.12. The van der Waals surface area contributed by atoms with Gasteiger partial charge in [-0.15, -0.1) is 11.8 Å². The molecule has 11 nitrogen and oxygen atoms in total. The van der Waals surface area contributed by atoms with Crippen LogP contribution in [0, 0.1) is 0 Å². The Morgan fingerprint density at radius 1 is 1.05 bits per heavy atom. The monoisotopic (exact) mass is 580 g/mol. The highest BCUT2D eigenvalue weighted by Crippen LogP contribution is 2.32. The van der Waals surface area contributed by atoms with Crippen molar-refractivity contribution in [3.8, 4) is 17.1 Å². The molecule has 2 aromatic heterocycles. The number of oxazole rings is 1. The number of carbonyl (C=O) groups is 4. The van der Waals surface area contributed by atoms with Crippen LogP contribution in [0.2, 0.25) is 0 Å². The maximum absolute atomic E-state index is 12.5. The molecule has 0 saturated heterocycles. The lowest BCUT2D eigenvalue weighted by atomic mass is 10.0. The maximum atomic E-state index is 12.5. The van der Waals surface area contributed by atoms with Crippen LogP contribution >= 0.6 is 11.8 Å². The summed E-state index contributed by atoms with van der Waals surface area (Å²) in [6, 6.07) is 7.32. The third-order valence-corrected chi connectivity index (χ3v) is 6.13. The van der Waals surface area contributed by atoms with Gasteiger partial charge in [-0.3, -0.25) is 9.59 Å². The molecular weight excluding hydrogens is 557 g/mol. The summed E-state index contributed by atoms with van der Waals surface area (Å²) in [5.41, 5.74) is -0.181. The van der Waals surface area contributed by atoms with Gasteiger partial charge < -0.3 is 24.5 Å². The summed E-state index contributed by atoms with van der Waals surface area (Å²) < 4.78 is 51.0. The third kappa shape index (κ3) is 8.30. The summed E-state index contributed by atoms with van der Waals surface area (Å²) in [5.74, 6) is -4.53. The van der Waals surface area contributed by atoms with E-state index in [1.54, 1.807) is 26.0 Å². The Morgan fingerprint density at radius 2 is 1.80 bits per heavy atom. The highest BCUT2D eigenvalue weighted by atomic mass is 32.2. The number of methoxy groups -OCH3 is 1. The summed E-state index contributed by atoms with van der Waals surface area (Å²) >= 11 is 1.24. The van der Waals surface area contributed by atoms with Crippen LogP contribution in [0.5, 0.6) is 5.75 Å². The van der Waals surface area contributed by atoms with Gasteiger partial charge in [-0.1, -0.05) is 0 Å². The minimum Gasteiger partial charge on any atom is -0.496 e. The van der Waals surface area contributed by atoms with E-state index < -0.39 is 35.5 Å². The molecule has 2 heterocycles. The summed E-state index contributed by atoms with van der Waals surface area (Å²) in [4.78, 5) is 55.2. The minimum atomic E-state index is -5.29. The zero-order valence-corrected chi connectivity index (χ0v) is 22.1. The zero-order valence-electron chi connectivity index (χ0n) is 21.3. The van der Waals surface area contributed by atoms with Gasteiger partial charge in [0.15, 0.2) is 12.2 Å². The first-order valence-corrected chi connectivity index (χ1v) is 12.4. The fourth-order valence-corrected chi connectivity index (χ4v) is 4.25. The number of halogens is 3. The highest BCUT2D eigenvalue weighted by Gasteiger charge is 2.42. The van der Waals surface area contributed by atoms with Gasteiger partial charge in [0.05, 0.1) is 29.5 Å². The van der Waals surface area contributed by atoms with Gasteiger partial charge in [0.1, 0.15) is 5.75 Å². The number of nitrogens with zero attached hydrogens (tertiary/aromatic N) is 2. The van der Waals surface area contributed by atoms with Crippen molar-refractivity contribution in [1.29, 1.82) is 0 Å². The normalized spacial score (nSPS) is 11.4. The van der Waals surface area contributed by atoms with Gasteiger partial charge >= 0.3 is 29.9 Å². The number of amides is 2. The molecule has 3 rings (SSSR count). The van der Waals surface area contributed by atoms with Crippen molar-refractivity contribution in [2.24, 2.45) is 0 Å². The Balaban J connectivity index is 1.48. The van der Waals surface area contributed by atoms with Crippen LogP contribution < -0.4 is 15.4 Å². The summed E-state index contributed by atoms with van der Waals surface area (Å²) in [7, 11) is 1.45. The lowest BCUT2D eigenvalue weighted by Gasteiger charge is -2.25. The first-order chi connectivity index (χ1) is 18.8. The van der Waals surface area contributed by atoms with E-state index in [9.17, 15) is 32.3 Å². The third-order valence-electron chi connectivity index (χ3n) is 5.18. The second kappa shape index (κ2) is 12.6. The van der Waals surface area contributed by atoms with Gasteiger partial charge in [0, 0.05) is 29.2 Å². The number of carbonyl (C=O) groups excluding carboxylic acids is 4. The number of anilines is 1. The number of ether oxygens (including phenoxy) is 2. The molecule has 2 amide bonds. The van der Waals surface area contributed by atoms with Crippen LogP contribution in [0.25, 0.3) is 11.3 Å². The fourth-order valence-electron chi connectivity index (χ4n) is 3.13. The van der Waals surface area contributed by atoms with Crippen molar-refractivity contribution in [1.82, 2.24) is 15.3 Å². The van der Waals surface area contributed by atoms with Gasteiger partial charge in [0.2, 0.25) is 0 Å². The molecule has 0 fully saturated rings. The number of esters is 2. The smallest absolute Gasteiger partial charge is 0.491 e. The Bertz CT molecular complexity index is 1380.